The van der Waals surface area contributed by atoms with Gasteiger partial charge in [-0.25, -0.2) is 0 Å². The van der Waals surface area contributed by atoms with Crippen LogP contribution in [-0.4, -0.2) is 6.29 Å². The van der Waals surface area contributed by atoms with E-state index < -0.39 is 0 Å². The second kappa shape index (κ2) is 5.09. The lowest BCUT2D eigenvalue weighted by Crippen LogP contribution is -2.16. The SMILES string of the molecule is CC(C)(C)c1cc(/C=C/C=O)cc(C(C)(C)C)c1. The highest BCUT2D eigenvalue weighted by molar-refractivity contribution is 5.74. The molecule has 0 heterocycles. The van der Waals surface area contributed by atoms with Gasteiger partial charge in [-0.2, -0.15) is 0 Å². The van der Waals surface area contributed by atoms with Crippen LogP contribution < -0.4 is 0 Å². The zero-order valence-electron chi connectivity index (χ0n) is 12.4. The minimum atomic E-state index is 0.116. The van der Waals surface area contributed by atoms with E-state index in [1.54, 1.807) is 6.08 Å². The van der Waals surface area contributed by atoms with Gasteiger partial charge >= 0.3 is 0 Å². The molecule has 1 aromatic rings. The molecular formula is C17H24O. The number of carbonyl (C=O) groups is 1. The summed E-state index contributed by atoms with van der Waals surface area (Å²) in [4.78, 5) is 10.5. The van der Waals surface area contributed by atoms with Gasteiger partial charge in [0.1, 0.15) is 6.29 Å². The molecule has 0 amide bonds. The molecule has 0 bridgehead atoms. The number of hydrogen-bond donors (Lipinski definition) is 0. The summed E-state index contributed by atoms with van der Waals surface area (Å²) >= 11 is 0. The smallest absolute Gasteiger partial charge is 0.142 e. The molecule has 0 aliphatic heterocycles. The van der Waals surface area contributed by atoms with Crippen molar-refractivity contribution >= 4 is 12.4 Å². The third-order valence-corrected chi connectivity index (χ3v) is 3.05. The molecular weight excluding hydrogens is 220 g/mol. The van der Waals surface area contributed by atoms with Gasteiger partial charge < -0.3 is 0 Å². The molecule has 0 fully saturated rings. The van der Waals surface area contributed by atoms with Crippen molar-refractivity contribution in [3.05, 3.63) is 41.0 Å². The van der Waals surface area contributed by atoms with E-state index in [0.717, 1.165) is 11.8 Å². The standard InChI is InChI=1S/C17H24O/c1-16(2,3)14-10-13(8-7-9-18)11-15(12-14)17(4,5)6/h7-12H,1-6H3/b8-7+. The average Bonchev–Trinajstić information content (AvgIpc) is 2.23. The number of benzene rings is 1. The van der Waals surface area contributed by atoms with Gasteiger partial charge in [0.2, 0.25) is 0 Å². The molecule has 0 spiro atoms. The summed E-state index contributed by atoms with van der Waals surface area (Å²) in [5.41, 5.74) is 3.94. The molecule has 18 heavy (non-hydrogen) atoms. The maximum Gasteiger partial charge on any atom is 0.142 e. The van der Waals surface area contributed by atoms with E-state index in [4.69, 9.17) is 0 Å². The molecule has 1 nitrogen and oxygen atoms in total. The summed E-state index contributed by atoms with van der Waals surface area (Å²) in [5, 5.41) is 0. The zero-order valence-corrected chi connectivity index (χ0v) is 12.4. The molecule has 0 aromatic heterocycles. The van der Waals surface area contributed by atoms with Crippen molar-refractivity contribution in [1.82, 2.24) is 0 Å². The highest BCUT2D eigenvalue weighted by Gasteiger charge is 2.19. The van der Waals surface area contributed by atoms with Crippen molar-refractivity contribution in [2.45, 2.75) is 52.4 Å². The summed E-state index contributed by atoms with van der Waals surface area (Å²) in [6.07, 6.45) is 4.24. The van der Waals surface area contributed by atoms with Gasteiger partial charge in [-0.1, -0.05) is 65.8 Å². The fraction of sp³-hybridized carbons (Fsp3) is 0.471. The first-order valence-electron chi connectivity index (χ1n) is 6.42. The van der Waals surface area contributed by atoms with Crippen LogP contribution in [0.4, 0.5) is 0 Å². The summed E-state index contributed by atoms with van der Waals surface area (Å²) in [6, 6.07) is 6.60. The largest absolute Gasteiger partial charge is 0.299 e. The second-order valence-electron chi connectivity index (χ2n) is 6.84. The Hall–Kier alpha value is -1.37. The van der Waals surface area contributed by atoms with E-state index in [-0.39, 0.29) is 10.8 Å². The quantitative estimate of drug-likeness (QED) is 0.553. The highest BCUT2D eigenvalue weighted by atomic mass is 16.1. The Morgan fingerprint density at radius 2 is 1.28 bits per heavy atom. The molecule has 0 saturated heterocycles. The first-order valence-corrected chi connectivity index (χ1v) is 6.42. The van der Waals surface area contributed by atoms with Gasteiger partial charge in [-0.05, 0) is 33.6 Å². The lowest BCUT2D eigenvalue weighted by molar-refractivity contribution is -0.104. The van der Waals surface area contributed by atoms with E-state index >= 15 is 0 Å². The lowest BCUT2D eigenvalue weighted by atomic mass is 9.79. The Kier molecular flexibility index (Phi) is 4.16. The summed E-state index contributed by atoms with van der Waals surface area (Å²) in [6.45, 7) is 13.3. The maximum atomic E-state index is 10.5. The van der Waals surface area contributed by atoms with Gasteiger partial charge in [0.25, 0.3) is 0 Å². The molecule has 0 aliphatic carbocycles. The predicted octanol–water partition coefficient (Wildman–Crippen LogP) is 4.49. The Morgan fingerprint density at radius 1 is 0.833 bits per heavy atom. The third kappa shape index (κ3) is 3.83. The Labute approximate surface area is 111 Å². The molecule has 0 aliphatic rings. The second-order valence-corrected chi connectivity index (χ2v) is 6.84. The average molecular weight is 244 g/mol. The lowest BCUT2D eigenvalue weighted by Gasteiger charge is -2.25. The monoisotopic (exact) mass is 244 g/mol. The Bertz CT molecular complexity index is 421. The zero-order chi connectivity index (χ0) is 14.0. The van der Waals surface area contributed by atoms with E-state index in [1.165, 1.54) is 11.1 Å². The third-order valence-electron chi connectivity index (χ3n) is 3.05. The minimum absolute atomic E-state index is 0.116. The molecule has 0 radical (unpaired) electrons. The van der Waals surface area contributed by atoms with Crippen LogP contribution in [0, 0.1) is 0 Å². The molecule has 0 atom stereocenters. The van der Waals surface area contributed by atoms with Gasteiger partial charge in [-0.15, -0.1) is 0 Å². The molecule has 1 rings (SSSR count). The fourth-order valence-corrected chi connectivity index (χ4v) is 1.76. The number of carbonyl (C=O) groups excluding carboxylic acids is 1. The fourth-order valence-electron chi connectivity index (χ4n) is 1.76. The van der Waals surface area contributed by atoms with E-state index in [1.807, 2.05) is 6.08 Å². The van der Waals surface area contributed by atoms with Crippen LogP contribution in [0.15, 0.2) is 24.3 Å². The van der Waals surface area contributed by atoms with Crippen molar-refractivity contribution in [1.29, 1.82) is 0 Å². The Morgan fingerprint density at radius 3 is 1.61 bits per heavy atom. The van der Waals surface area contributed by atoms with Crippen molar-refractivity contribution in [3.63, 3.8) is 0 Å². The van der Waals surface area contributed by atoms with Crippen LogP contribution in [0.3, 0.4) is 0 Å². The topological polar surface area (TPSA) is 17.1 Å². The summed E-state index contributed by atoms with van der Waals surface area (Å²) in [5.74, 6) is 0. The first kappa shape index (κ1) is 14.7. The van der Waals surface area contributed by atoms with Crippen LogP contribution >= 0.6 is 0 Å². The number of hydrogen-bond acceptors (Lipinski definition) is 1. The summed E-state index contributed by atoms with van der Waals surface area (Å²) in [7, 11) is 0. The van der Waals surface area contributed by atoms with Crippen LogP contribution in [0.2, 0.25) is 0 Å². The van der Waals surface area contributed by atoms with E-state index in [9.17, 15) is 4.79 Å². The normalized spacial score (nSPS) is 13.0. The number of allylic oxidation sites excluding steroid dienone is 1. The highest BCUT2D eigenvalue weighted by Crippen LogP contribution is 2.30. The van der Waals surface area contributed by atoms with Gasteiger partial charge in [0.15, 0.2) is 0 Å². The molecule has 1 heteroatoms. The minimum Gasteiger partial charge on any atom is -0.299 e. The maximum absolute atomic E-state index is 10.5. The van der Waals surface area contributed by atoms with Gasteiger partial charge in [0, 0.05) is 0 Å². The summed E-state index contributed by atoms with van der Waals surface area (Å²) < 4.78 is 0. The van der Waals surface area contributed by atoms with Crippen LogP contribution in [-0.2, 0) is 15.6 Å². The first-order chi connectivity index (χ1) is 8.14. The molecule has 98 valence electrons. The van der Waals surface area contributed by atoms with Crippen LogP contribution in [0.25, 0.3) is 6.08 Å². The van der Waals surface area contributed by atoms with Gasteiger partial charge in [-0.3, -0.25) is 4.79 Å². The molecule has 0 unspecified atom stereocenters. The number of rotatable bonds is 2. The predicted molar refractivity (Wildman–Crippen MR) is 78.9 cm³/mol. The molecule has 0 N–H and O–H groups in total. The van der Waals surface area contributed by atoms with Crippen LogP contribution in [0.1, 0.15) is 58.2 Å². The Balaban J connectivity index is 3.38. The number of aldehydes is 1. The van der Waals surface area contributed by atoms with E-state index in [0.29, 0.717) is 0 Å². The molecule has 1 aromatic carbocycles. The molecule has 0 saturated carbocycles. The van der Waals surface area contributed by atoms with Crippen molar-refractivity contribution < 1.29 is 4.79 Å². The van der Waals surface area contributed by atoms with Crippen molar-refractivity contribution in [2.75, 3.05) is 0 Å². The van der Waals surface area contributed by atoms with Crippen molar-refractivity contribution in [2.24, 2.45) is 0 Å². The van der Waals surface area contributed by atoms with Crippen molar-refractivity contribution in [3.8, 4) is 0 Å². The van der Waals surface area contributed by atoms with Gasteiger partial charge in [0.05, 0.1) is 0 Å². The van der Waals surface area contributed by atoms with Crippen LogP contribution in [0.5, 0.6) is 0 Å². The van der Waals surface area contributed by atoms with E-state index in [2.05, 4.69) is 59.7 Å².